The minimum atomic E-state index is -0.266. The molecule has 2 heterocycles. The molecule has 1 aliphatic rings. The van der Waals surface area contributed by atoms with Gasteiger partial charge < -0.3 is 9.51 Å². The van der Waals surface area contributed by atoms with Crippen LogP contribution < -0.4 is 0 Å². The number of aromatic nitrogens is 4. The number of nitrogens with zero attached hydrogens (tertiary/aromatic N) is 4. The van der Waals surface area contributed by atoms with Crippen molar-refractivity contribution >= 4 is 11.0 Å². The maximum Gasteiger partial charge on any atom is 0.229 e. The van der Waals surface area contributed by atoms with Crippen molar-refractivity contribution in [2.75, 3.05) is 7.05 Å². The van der Waals surface area contributed by atoms with Crippen molar-refractivity contribution in [1.82, 2.24) is 25.0 Å². The minimum Gasteiger partial charge on any atom is -0.341 e. The van der Waals surface area contributed by atoms with Crippen LogP contribution in [0.5, 0.6) is 0 Å². The summed E-state index contributed by atoms with van der Waals surface area (Å²) in [5, 5.41) is 4.09. The van der Waals surface area contributed by atoms with Crippen LogP contribution in [0.15, 0.2) is 22.7 Å². The van der Waals surface area contributed by atoms with E-state index in [1.807, 2.05) is 7.05 Å². The Labute approximate surface area is 139 Å². The van der Waals surface area contributed by atoms with Crippen molar-refractivity contribution in [3.8, 4) is 0 Å². The Morgan fingerprint density at radius 2 is 2.08 bits per heavy atom. The number of benzene rings is 1. The highest BCUT2D eigenvalue weighted by molar-refractivity contribution is 5.74. The minimum absolute atomic E-state index is 0.266. The first-order valence-electron chi connectivity index (χ1n) is 8.32. The van der Waals surface area contributed by atoms with E-state index in [2.05, 4.69) is 25.0 Å². The number of rotatable bonds is 5. The highest BCUT2D eigenvalue weighted by Gasteiger charge is 2.23. The van der Waals surface area contributed by atoms with Crippen molar-refractivity contribution < 1.29 is 8.91 Å². The Hall–Kier alpha value is -2.28. The standard InChI is InChI=1S/C17H20FN5O/c1-23(9-15-19-13-7-6-12(18)8-14(13)20-15)10-16-21-17(24-22-16)11-4-2-3-5-11/h6-8,11H,2-5,9-10H2,1H3,(H,19,20). The molecule has 1 saturated carbocycles. The molecule has 4 rings (SSSR count). The summed E-state index contributed by atoms with van der Waals surface area (Å²) < 4.78 is 18.6. The second-order valence-corrected chi connectivity index (χ2v) is 6.55. The summed E-state index contributed by atoms with van der Waals surface area (Å²) in [4.78, 5) is 14.2. The van der Waals surface area contributed by atoms with E-state index in [4.69, 9.17) is 4.52 Å². The van der Waals surface area contributed by atoms with Gasteiger partial charge in [0.1, 0.15) is 11.6 Å². The van der Waals surface area contributed by atoms with E-state index >= 15 is 0 Å². The van der Waals surface area contributed by atoms with Crippen LogP contribution in [0.3, 0.4) is 0 Å². The van der Waals surface area contributed by atoms with Crippen LogP contribution in [0.1, 0.15) is 49.1 Å². The van der Waals surface area contributed by atoms with Gasteiger partial charge in [-0.05, 0) is 38.1 Å². The maximum atomic E-state index is 13.2. The quantitative estimate of drug-likeness (QED) is 0.777. The third-order valence-electron chi connectivity index (χ3n) is 4.51. The molecule has 0 amide bonds. The van der Waals surface area contributed by atoms with E-state index in [1.165, 1.54) is 25.0 Å². The average Bonchev–Trinajstić information content (AvgIpc) is 3.25. The number of nitrogens with one attached hydrogen (secondary N) is 1. The predicted octanol–water partition coefficient (Wildman–Crippen LogP) is 3.37. The third kappa shape index (κ3) is 3.17. The molecular formula is C17H20FN5O. The first-order valence-corrected chi connectivity index (χ1v) is 8.32. The number of imidazole rings is 1. The highest BCUT2D eigenvalue weighted by atomic mass is 19.1. The van der Waals surface area contributed by atoms with Gasteiger partial charge in [-0.1, -0.05) is 18.0 Å². The molecule has 1 fully saturated rings. The number of hydrogen-bond acceptors (Lipinski definition) is 5. The maximum absolute atomic E-state index is 13.2. The molecule has 0 aliphatic heterocycles. The SMILES string of the molecule is CN(Cc1noc(C2CCCC2)n1)Cc1nc2ccc(F)cc2[nH]1. The first-order chi connectivity index (χ1) is 11.7. The first kappa shape index (κ1) is 15.3. The van der Waals surface area contributed by atoms with Gasteiger partial charge in [-0.3, -0.25) is 4.90 Å². The zero-order chi connectivity index (χ0) is 16.5. The molecule has 7 heteroatoms. The normalized spacial score (nSPS) is 15.8. The number of aromatic amines is 1. The number of halogens is 1. The van der Waals surface area contributed by atoms with Crippen molar-refractivity contribution in [1.29, 1.82) is 0 Å². The van der Waals surface area contributed by atoms with Gasteiger partial charge in [-0.25, -0.2) is 9.37 Å². The van der Waals surface area contributed by atoms with Crippen molar-refractivity contribution in [3.63, 3.8) is 0 Å². The van der Waals surface area contributed by atoms with E-state index in [-0.39, 0.29) is 5.82 Å². The molecule has 0 radical (unpaired) electrons. The Balaban J connectivity index is 1.41. The second kappa shape index (κ2) is 6.32. The van der Waals surface area contributed by atoms with Gasteiger partial charge in [-0.2, -0.15) is 4.98 Å². The summed E-state index contributed by atoms with van der Waals surface area (Å²) >= 11 is 0. The van der Waals surface area contributed by atoms with E-state index in [9.17, 15) is 4.39 Å². The van der Waals surface area contributed by atoms with E-state index in [0.29, 0.717) is 30.3 Å². The van der Waals surface area contributed by atoms with E-state index in [1.54, 1.807) is 6.07 Å². The van der Waals surface area contributed by atoms with Gasteiger partial charge in [0, 0.05) is 5.92 Å². The molecule has 0 unspecified atom stereocenters. The number of H-pyrrole nitrogens is 1. The fourth-order valence-corrected chi connectivity index (χ4v) is 3.33. The smallest absolute Gasteiger partial charge is 0.229 e. The third-order valence-corrected chi connectivity index (χ3v) is 4.51. The lowest BCUT2D eigenvalue weighted by Crippen LogP contribution is -2.18. The lowest BCUT2D eigenvalue weighted by Gasteiger charge is -2.11. The topological polar surface area (TPSA) is 70.8 Å². The Morgan fingerprint density at radius 3 is 2.92 bits per heavy atom. The fourth-order valence-electron chi connectivity index (χ4n) is 3.33. The Morgan fingerprint density at radius 1 is 1.25 bits per heavy atom. The lowest BCUT2D eigenvalue weighted by atomic mass is 10.1. The van der Waals surface area contributed by atoms with Gasteiger partial charge in [-0.15, -0.1) is 0 Å². The van der Waals surface area contributed by atoms with Gasteiger partial charge in [0.25, 0.3) is 0 Å². The summed E-state index contributed by atoms with van der Waals surface area (Å²) in [5.41, 5.74) is 1.48. The van der Waals surface area contributed by atoms with Gasteiger partial charge in [0.05, 0.1) is 24.1 Å². The molecule has 3 aromatic rings. The van der Waals surface area contributed by atoms with Crippen molar-refractivity contribution in [2.45, 2.75) is 44.7 Å². The number of hydrogen-bond donors (Lipinski definition) is 1. The summed E-state index contributed by atoms with van der Waals surface area (Å²) in [5.74, 6) is 2.42. The second-order valence-electron chi connectivity index (χ2n) is 6.55. The van der Waals surface area contributed by atoms with Gasteiger partial charge in [0.2, 0.25) is 5.89 Å². The zero-order valence-electron chi connectivity index (χ0n) is 13.6. The van der Waals surface area contributed by atoms with Crippen LogP contribution >= 0.6 is 0 Å². The molecule has 1 aliphatic carbocycles. The van der Waals surface area contributed by atoms with Crippen LogP contribution in [-0.4, -0.2) is 32.1 Å². The van der Waals surface area contributed by atoms with Crippen LogP contribution in [0.2, 0.25) is 0 Å². The van der Waals surface area contributed by atoms with Gasteiger partial charge >= 0.3 is 0 Å². The monoisotopic (exact) mass is 329 g/mol. The molecule has 2 aromatic heterocycles. The average molecular weight is 329 g/mol. The van der Waals surface area contributed by atoms with Crippen molar-refractivity contribution in [2.24, 2.45) is 0 Å². The highest BCUT2D eigenvalue weighted by Crippen LogP contribution is 2.32. The van der Waals surface area contributed by atoms with Crippen LogP contribution in [0, 0.1) is 5.82 Å². The Bertz CT molecular complexity index is 836. The molecule has 6 nitrogen and oxygen atoms in total. The summed E-state index contributed by atoms with van der Waals surface area (Å²) in [7, 11) is 1.97. The zero-order valence-corrected chi connectivity index (χ0v) is 13.6. The predicted molar refractivity (Wildman–Crippen MR) is 86.7 cm³/mol. The molecule has 126 valence electrons. The molecule has 1 aromatic carbocycles. The number of fused-ring (bicyclic) bond motifs is 1. The molecule has 0 saturated heterocycles. The molecular weight excluding hydrogens is 309 g/mol. The van der Waals surface area contributed by atoms with Gasteiger partial charge in [0.15, 0.2) is 5.82 Å². The summed E-state index contributed by atoms with van der Waals surface area (Å²) in [6, 6.07) is 4.55. The van der Waals surface area contributed by atoms with Crippen molar-refractivity contribution in [3.05, 3.63) is 41.6 Å². The summed E-state index contributed by atoms with van der Waals surface area (Å²) in [6.07, 6.45) is 4.78. The molecule has 1 N–H and O–H groups in total. The lowest BCUT2D eigenvalue weighted by molar-refractivity contribution is 0.292. The van der Waals surface area contributed by atoms with E-state index in [0.717, 1.165) is 30.1 Å². The molecule has 0 atom stereocenters. The van der Waals surface area contributed by atoms with Crippen LogP contribution in [0.25, 0.3) is 11.0 Å². The van der Waals surface area contributed by atoms with E-state index < -0.39 is 0 Å². The molecule has 24 heavy (non-hydrogen) atoms. The molecule has 0 spiro atoms. The largest absolute Gasteiger partial charge is 0.341 e. The van der Waals surface area contributed by atoms with Crippen LogP contribution in [0.4, 0.5) is 4.39 Å². The summed E-state index contributed by atoms with van der Waals surface area (Å²) in [6.45, 7) is 1.19. The van der Waals surface area contributed by atoms with Crippen LogP contribution in [-0.2, 0) is 13.1 Å². The Kier molecular flexibility index (Phi) is 4.02. The fraction of sp³-hybridized carbons (Fsp3) is 0.471. The molecule has 0 bridgehead atoms.